The van der Waals surface area contributed by atoms with Gasteiger partial charge in [0.2, 0.25) is 11.8 Å². The predicted molar refractivity (Wildman–Crippen MR) is 322 cm³/mol. The van der Waals surface area contributed by atoms with Crippen molar-refractivity contribution in [1.29, 1.82) is 0 Å². The third-order valence-corrected chi connectivity index (χ3v) is 21.8. The van der Waals surface area contributed by atoms with Crippen LogP contribution >= 0.6 is 34.0 Å². The van der Waals surface area contributed by atoms with E-state index < -0.39 is 29.2 Å². The predicted octanol–water partition coefficient (Wildman–Crippen LogP) is 9.58. The number of likely N-dealkylation sites (tertiary alicyclic amines) is 1. The summed E-state index contributed by atoms with van der Waals surface area (Å²) in [5.41, 5.74) is 17.7. The SMILES string of the molecule is C=CCN1CC[C@]23c4c5ccc(O)c4O[C@H]2C(=O)CC[C@@]3(O)[C@H]1C5.Cl.N[C@@H](CSSC[C@H](N)C(=O)N1CCn2cc(-c3ccccc3)nc2[C@@H]1CC1CCCCC1)C(=O)N1CCn2cc(-c3ccccc3)nc2[C@@H]1CC1CCCCC1. The number of halogens is 1. The monoisotopic (exact) mass is 1160 g/mol. The van der Waals surface area contributed by atoms with Crippen molar-refractivity contribution in [1.82, 2.24) is 33.8 Å². The minimum atomic E-state index is -1.00. The number of hydrogen-bond acceptors (Lipinski definition) is 13. The number of hydrogen-bond donors (Lipinski definition) is 4. The Bertz CT molecular complexity index is 2920. The van der Waals surface area contributed by atoms with Gasteiger partial charge in [0.1, 0.15) is 11.6 Å². The number of amides is 2. The zero-order valence-corrected chi connectivity index (χ0v) is 48.9. The molecule has 81 heavy (non-hydrogen) atoms. The summed E-state index contributed by atoms with van der Waals surface area (Å²) in [6.07, 6.45) is 21.9. The normalized spacial score (nSPS) is 26.6. The minimum Gasteiger partial charge on any atom is -0.504 e. The average molecular weight is 1160 g/mol. The largest absolute Gasteiger partial charge is 0.504 e. The second-order valence-electron chi connectivity index (χ2n) is 24.0. The first-order valence-electron chi connectivity index (χ1n) is 29.7. The fourth-order valence-corrected chi connectivity index (χ4v) is 17.6. The van der Waals surface area contributed by atoms with Gasteiger partial charge >= 0.3 is 0 Å². The topological polar surface area (TPSA) is 198 Å². The van der Waals surface area contributed by atoms with Crippen molar-refractivity contribution in [3.8, 4) is 34.0 Å². The van der Waals surface area contributed by atoms with Crippen molar-refractivity contribution in [3.63, 3.8) is 0 Å². The van der Waals surface area contributed by atoms with E-state index in [9.17, 15) is 24.6 Å². The second kappa shape index (κ2) is 24.6. The smallest absolute Gasteiger partial charge is 0.241 e. The van der Waals surface area contributed by atoms with Crippen LogP contribution in [0.4, 0.5) is 0 Å². The summed E-state index contributed by atoms with van der Waals surface area (Å²) in [5.74, 6) is 4.53. The third-order valence-electron chi connectivity index (χ3n) is 19.3. The van der Waals surface area contributed by atoms with E-state index in [0.717, 1.165) is 71.2 Å². The molecule has 4 fully saturated rings. The number of benzene rings is 3. The van der Waals surface area contributed by atoms with Gasteiger partial charge in [-0.25, -0.2) is 9.97 Å². The maximum absolute atomic E-state index is 14.1. The average Bonchev–Trinajstić information content (AvgIpc) is 1.98. The molecular weight excluding hydrogens is 1080 g/mol. The number of aromatic nitrogens is 4. The summed E-state index contributed by atoms with van der Waals surface area (Å²) in [7, 11) is 3.09. The molecule has 0 radical (unpaired) electrons. The number of nitrogens with zero attached hydrogens (tertiary/aromatic N) is 7. The van der Waals surface area contributed by atoms with Crippen molar-refractivity contribution in [3.05, 3.63) is 121 Å². The number of carbonyl (C=O) groups excluding carboxylic acids is 3. The number of nitrogens with two attached hydrogens (primary N) is 2. The second-order valence-corrected chi connectivity index (χ2v) is 26.6. The molecule has 6 heterocycles. The van der Waals surface area contributed by atoms with Crippen LogP contribution in [0.15, 0.2) is 97.8 Å². The number of aliphatic hydroxyl groups is 1. The molecule has 13 rings (SSSR count). The zero-order chi connectivity index (χ0) is 55.1. The number of rotatable bonds is 15. The molecule has 2 bridgehead atoms. The van der Waals surface area contributed by atoms with Crippen molar-refractivity contribution in [2.24, 2.45) is 23.3 Å². The molecule has 5 aromatic rings. The Hall–Kier alpha value is -5.14. The highest BCUT2D eigenvalue weighted by Crippen LogP contribution is 2.64. The molecule has 1 saturated heterocycles. The van der Waals surface area contributed by atoms with E-state index in [0.29, 0.717) is 81.0 Å². The van der Waals surface area contributed by atoms with E-state index in [1.807, 2.05) is 58.3 Å². The molecule has 2 aromatic heterocycles. The lowest BCUT2D eigenvalue weighted by Gasteiger charge is -2.62. The molecule has 432 valence electrons. The summed E-state index contributed by atoms with van der Waals surface area (Å²) >= 11 is 0. The Morgan fingerprint density at radius 3 is 1.75 bits per heavy atom. The van der Waals surface area contributed by atoms with Gasteiger partial charge in [0, 0.05) is 92.3 Å². The Morgan fingerprint density at radius 1 is 0.728 bits per heavy atom. The molecule has 15 nitrogen and oxygen atoms in total. The number of ether oxygens (including phenoxy) is 1. The Labute approximate surface area is 490 Å². The van der Waals surface area contributed by atoms with Crippen LogP contribution < -0.4 is 16.2 Å². The summed E-state index contributed by atoms with van der Waals surface area (Å²) in [4.78, 5) is 57.5. The number of ketones is 1. The van der Waals surface area contributed by atoms with Crippen LogP contribution in [0.25, 0.3) is 22.5 Å². The van der Waals surface area contributed by atoms with Gasteiger partial charge in [-0.05, 0) is 55.6 Å². The van der Waals surface area contributed by atoms with Gasteiger partial charge in [0.05, 0.1) is 46.6 Å². The maximum atomic E-state index is 14.1. The molecule has 8 aliphatic rings. The molecule has 3 saturated carbocycles. The number of phenols is 1. The third kappa shape index (κ3) is 10.9. The first-order valence-corrected chi connectivity index (χ1v) is 32.2. The first-order chi connectivity index (χ1) is 38.9. The van der Waals surface area contributed by atoms with E-state index in [4.69, 9.17) is 26.2 Å². The van der Waals surface area contributed by atoms with Gasteiger partial charge in [-0.3, -0.25) is 19.3 Å². The van der Waals surface area contributed by atoms with E-state index in [1.165, 1.54) is 64.2 Å². The van der Waals surface area contributed by atoms with Crippen LogP contribution in [0.5, 0.6) is 11.5 Å². The van der Waals surface area contributed by atoms with Crippen LogP contribution in [-0.2, 0) is 39.3 Å². The Morgan fingerprint density at radius 2 is 1.25 bits per heavy atom. The van der Waals surface area contributed by atoms with Gasteiger partial charge in [-0.15, -0.1) is 19.0 Å². The van der Waals surface area contributed by atoms with Crippen LogP contribution in [0.1, 0.15) is 131 Å². The number of fused-ring (bicyclic) bond motifs is 2. The van der Waals surface area contributed by atoms with E-state index in [1.54, 1.807) is 27.7 Å². The molecule has 4 aliphatic carbocycles. The standard InChI is InChI=1S/C44H58N8O2S2.C19H21NO4.ClH/c45-35(43(53)51-23-21-49-27-37(33-17-9-3-10-18-33)47-41(49)39(51)25-31-13-5-1-6-14-31)29-55-56-30-36(46)44(54)52-24-22-50-28-38(34-19-11-4-12-20-34)48-42(50)40(52)26-32-15-7-2-8-16-32;1-2-8-20-9-7-18-15-11-3-4-12(21)16(15)24-17(18)13(22)5-6-19(18,23)14(20)10-11;/h3-4,9-12,17-20,27-28,31-32,35-36,39-40H,1-2,5-8,13-16,21-26,29-30,45-46H2;2-4,14,17,21,23H,1,5-10H2;1H/t35-,36-,39-,40-;14-,17+,18+,19-;/m01./s1. The van der Waals surface area contributed by atoms with Gasteiger partial charge in [0.25, 0.3) is 0 Å². The number of imidazole rings is 2. The molecule has 18 heteroatoms. The highest BCUT2D eigenvalue weighted by atomic mass is 35.5. The first kappa shape index (κ1) is 57.7. The number of phenolic OH excluding ortho intramolecular Hbond substituents is 1. The van der Waals surface area contributed by atoms with Gasteiger partial charge < -0.3 is 45.4 Å². The maximum Gasteiger partial charge on any atom is 0.241 e. The van der Waals surface area contributed by atoms with Crippen LogP contribution in [0, 0.1) is 11.8 Å². The fraction of sp³-hybridized carbons (Fsp3) is 0.540. The summed E-state index contributed by atoms with van der Waals surface area (Å²) < 4.78 is 10.5. The van der Waals surface area contributed by atoms with Gasteiger partial charge in [-0.1, -0.05) is 159 Å². The molecule has 6 N–H and O–H groups in total. The van der Waals surface area contributed by atoms with Crippen molar-refractivity contribution in [2.45, 2.75) is 163 Å². The zero-order valence-electron chi connectivity index (χ0n) is 46.5. The van der Waals surface area contributed by atoms with E-state index in [-0.39, 0.29) is 53.9 Å². The number of Topliss-reactive ketones (excluding diaryl/α,β-unsaturated/α-hetero) is 1. The van der Waals surface area contributed by atoms with Gasteiger partial charge in [-0.2, -0.15) is 0 Å². The summed E-state index contributed by atoms with van der Waals surface area (Å²) in [6, 6.07) is 22.6. The number of aromatic hydroxyl groups is 1. The molecule has 1 spiro atoms. The Balaban J connectivity index is 0.000000228. The van der Waals surface area contributed by atoms with Crippen LogP contribution in [0.2, 0.25) is 0 Å². The minimum absolute atomic E-state index is 0. The molecule has 0 unspecified atom stereocenters. The quantitative estimate of drug-likeness (QED) is 0.0440. The van der Waals surface area contributed by atoms with Crippen LogP contribution in [0.3, 0.4) is 0 Å². The molecule has 3 aromatic carbocycles. The van der Waals surface area contributed by atoms with Crippen molar-refractivity contribution >= 4 is 51.6 Å². The van der Waals surface area contributed by atoms with E-state index >= 15 is 0 Å². The van der Waals surface area contributed by atoms with Gasteiger partial charge in [0.15, 0.2) is 23.4 Å². The number of piperidine rings is 1. The van der Waals surface area contributed by atoms with Crippen molar-refractivity contribution < 1.29 is 29.3 Å². The Kier molecular flexibility index (Phi) is 17.5. The summed E-state index contributed by atoms with van der Waals surface area (Å²) in [6.45, 7) is 8.03. The summed E-state index contributed by atoms with van der Waals surface area (Å²) in [5, 5.41) is 22.1. The highest BCUT2D eigenvalue weighted by molar-refractivity contribution is 8.76. The number of carbonyl (C=O) groups is 3. The molecule has 4 aliphatic heterocycles. The van der Waals surface area contributed by atoms with E-state index in [2.05, 4.69) is 57.3 Å². The van der Waals surface area contributed by atoms with Crippen molar-refractivity contribution in [2.75, 3.05) is 37.7 Å². The van der Waals surface area contributed by atoms with Crippen LogP contribution in [-0.4, -0.2) is 129 Å². The fourth-order valence-electron chi connectivity index (χ4n) is 15.3. The lowest BCUT2D eigenvalue weighted by Crippen LogP contribution is -2.76. The molecule has 2 amide bonds. The highest BCUT2D eigenvalue weighted by Gasteiger charge is 2.73. The lowest BCUT2D eigenvalue weighted by atomic mass is 9.49. The lowest BCUT2D eigenvalue weighted by molar-refractivity contribution is -0.187. The molecular formula is C63H80ClN9O6S2. The molecule has 8 atom stereocenters.